The summed E-state index contributed by atoms with van der Waals surface area (Å²) in [4.78, 5) is 4.45. The Balaban J connectivity index is 2.10. The van der Waals surface area contributed by atoms with E-state index in [1.165, 1.54) is 5.56 Å². The minimum Gasteiger partial charge on any atom is -0.378 e. The van der Waals surface area contributed by atoms with Crippen molar-refractivity contribution >= 4 is 0 Å². The predicted octanol–water partition coefficient (Wildman–Crippen LogP) is 1.27. The first kappa shape index (κ1) is 8.38. The number of ether oxygens (including phenoxy) is 2. The van der Waals surface area contributed by atoms with Gasteiger partial charge in [0, 0.05) is 19.2 Å². The Morgan fingerprint density at radius 1 is 1.36 bits per heavy atom. The van der Waals surface area contributed by atoms with Crippen LogP contribution in [-0.4, -0.2) is 24.8 Å². The summed E-state index contributed by atoms with van der Waals surface area (Å²) in [6, 6.07) is 4.14. The fourth-order valence-electron chi connectivity index (χ4n) is 2.32. The van der Waals surface area contributed by atoms with E-state index in [4.69, 9.17) is 9.47 Å². The molecule has 3 heterocycles. The van der Waals surface area contributed by atoms with Gasteiger partial charge in [0.05, 0.1) is 18.9 Å². The third-order valence-electron chi connectivity index (χ3n) is 3.06. The Hall–Kier alpha value is -0.930. The number of nitrogens with zero attached hydrogens (tertiary/aromatic N) is 1. The maximum Gasteiger partial charge on any atom is 0.136 e. The fourth-order valence-corrected chi connectivity index (χ4v) is 2.32. The van der Waals surface area contributed by atoms with Gasteiger partial charge < -0.3 is 9.47 Å². The molecule has 2 aliphatic rings. The van der Waals surface area contributed by atoms with Crippen LogP contribution < -0.4 is 0 Å². The van der Waals surface area contributed by atoms with E-state index in [2.05, 4.69) is 11.1 Å². The van der Waals surface area contributed by atoms with E-state index in [-0.39, 0.29) is 5.60 Å². The van der Waals surface area contributed by atoms with Crippen molar-refractivity contribution in [2.75, 3.05) is 19.8 Å². The minimum absolute atomic E-state index is 0.227. The van der Waals surface area contributed by atoms with Gasteiger partial charge in [-0.15, -0.1) is 0 Å². The van der Waals surface area contributed by atoms with Crippen molar-refractivity contribution < 1.29 is 9.47 Å². The van der Waals surface area contributed by atoms with E-state index < -0.39 is 0 Å². The van der Waals surface area contributed by atoms with Gasteiger partial charge in [0.15, 0.2) is 0 Å². The summed E-state index contributed by atoms with van der Waals surface area (Å²) >= 11 is 0. The summed E-state index contributed by atoms with van der Waals surface area (Å²) in [5, 5.41) is 0. The number of aromatic nitrogens is 1. The van der Waals surface area contributed by atoms with E-state index in [0.717, 1.165) is 31.7 Å². The molecule has 14 heavy (non-hydrogen) atoms. The van der Waals surface area contributed by atoms with Gasteiger partial charge >= 0.3 is 0 Å². The van der Waals surface area contributed by atoms with E-state index in [0.29, 0.717) is 6.61 Å². The predicted molar refractivity (Wildman–Crippen MR) is 51.0 cm³/mol. The molecule has 1 saturated heterocycles. The second-order valence-electron chi connectivity index (χ2n) is 3.91. The zero-order valence-corrected chi connectivity index (χ0v) is 8.03. The van der Waals surface area contributed by atoms with Crippen LogP contribution in [0, 0.1) is 0 Å². The highest BCUT2D eigenvalue weighted by molar-refractivity contribution is 5.28. The molecule has 0 N–H and O–H groups in total. The van der Waals surface area contributed by atoms with Crippen molar-refractivity contribution in [3.05, 3.63) is 29.6 Å². The van der Waals surface area contributed by atoms with Crippen LogP contribution in [-0.2, 0) is 21.5 Å². The van der Waals surface area contributed by atoms with E-state index in [1.807, 2.05) is 12.3 Å². The average Bonchev–Trinajstić information content (AvgIpc) is 2.68. The van der Waals surface area contributed by atoms with Gasteiger partial charge in [-0.3, -0.25) is 4.98 Å². The zero-order valence-electron chi connectivity index (χ0n) is 8.03. The number of hydrogen-bond donors (Lipinski definition) is 0. The SMILES string of the molecule is c1cnc2c(c1)CCOC21CCOC1. The lowest BCUT2D eigenvalue weighted by Gasteiger charge is -2.33. The Morgan fingerprint density at radius 2 is 2.36 bits per heavy atom. The van der Waals surface area contributed by atoms with E-state index in [9.17, 15) is 0 Å². The zero-order chi connectivity index (χ0) is 9.43. The number of rotatable bonds is 0. The van der Waals surface area contributed by atoms with Gasteiger partial charge in [-0.05, 0) is 18.1 Å². The van der Waals surface area contributed by atoms with Gasteiger partial charge in [-0.25, -0.2) is 0 Å². The van der Waals surface area contributed by atoms with Gasteiger partial charge in [0.25, 0.3) is 0 Å². The highest BCUT2D eigenvalue weighted by Crippen LogP contribution is 2.37. The topological polar surface area (TPSA) is 31.4 Å². The summed E-state index contributed by atoms with van der Waals surface area (Å²) in [6.45, 7) is 2.25. The molecule has 1 fully saturated rings. The molecule has 2 aliphatic heterocycles. The van der Waals surface area contributed by atoms with Crippen molar-refractivity contribution in [3.8, 4) is 0 Å². The van der Waals surface area contributed by atoms with Crippen LogP contribution in [0.2, 0.25) is 0 Å². The van der Waals surface area contributed by atoms with Crippen molar-refractivity contribution in [1.82, 2.24) is 4.98 Å². The van der Waals surface area contributed by atoms with Crippen LogP contribution in [0.25, 0.3) is 0 Å². The van der Waals surface area contributed by atoms with Crippen molar-refractivity contribution in [3.63, 3.8) is 0 Å². The summed E-state index contributed by atoms with van der Waals surface area (Å²) in [5.74, 6) is 0. The Labute approximate surface area is 83.1 Å². The highest BCUT2D eigenvalue weighted by atomic mass is 16.6. The average molecular weight is 191 g/mol. The van der Waals surface area contributed by atoms with Crippen molar-refractivity contribution in [1.29, 1.82) is 0 Å². The normalized spacial score (nSPS) is 30.6. The molecule has 1 spiro atoms. The summed E-state index contributed by atoms with van der Waals surface area (Å²) < 4.78 is 11.3. The quantitative estimate of drug-likeness (QED) is 0.619. The first-order chi connectivity index (χ1) is 6.91. The molecular formula is C11H13NO2. The molecule has 3 rings (SSSR count). The Morgan fingerprint density at radius 3 is 3.21 bits per heavy atom. The molecule has 0 aromatic carbocycles. The standard InChI is InChI=1S/C11H13NO2/c1-2-9-3-6-14-11(4-7-13-8-11)10(9)12-5-1/h1-2,5H,3-4,6-8H2. The molecule has 1 aromatic rings. The van der Waals surface area contributed by atoms with Gasteiger partial charge in [0.1, 0.15) is 5.60 Å². The maximum absolute atomic E-state index is 5.87. The van der Waals surface area contributed by atoms with Crippen molar-refractivity contribution in [2.45, 2.75) is 18.4 Å². The number of pyridine rings is 1. The van der Waals surface area contributed by atoms with Crippen LogP contribution in [0.5, 0.6) is 0 Å². The second kappa shape index (κ2) is 3.04. The maximum atomic E-state index is 5.87. The first-order valence-electron chi connectivity index (χ1n) is 5.07. The van der Waals surface area contributed by atoms with Crippen LogP contribution in [0.4, 0.5) is 0 Å². The lowest BCUT2D eigenvalue weighted by molar-refractivity contribution is -0.0665. The molecule has 0 aliphatic carbocycles. The molecular weight excluding hydrogens is 178 g/mol. The van der Waals surface area contributed by atoms with Crippen LogP contribution >= 0.6 is 0 Å². The third-order valence-corrected chi connectivity index (χ3v) is 3.06. The molecule has 0 amide bonds. The van der Waals surface area contributed by atoms with Gasteiger partial charge in [-0.1, -0.05) is 6.07 Å². The largest absolute Gasteiger partial charge is 0.378 e. The summed E-state index contributed by atoms with van der Waals surface area (Å²) in [5.41, 5.74) is 2.20. The highest BCUT2D eigenvalue weighted by Gasteiger charge is 2.42. The van der Waals surface area contributed by atoms with Gasteiger partial charge in [0.2, 0.25) is 0 Å². The molecule has 0 bridgehead atoms. The number of fused-ring (bicyclic) bond motifs is 2. The molecule has 3 heteroatoms. The number of hydrogen-bond acceptors (Lipinski definition) is 3. The van der Waals surface area contributed by atoms with Crippen LogP contribution in [0.3, 0.4) is 0 Å². The molecule has 0 radical (unpaired) electrons. The second-order valence-corrected chi connectivity index (χ2v) is 3.91. The van der Waals surface area contributed by atoms with Crippen LogP contribution in [0.15, 0.2) is 18.3 Å². The smallest absolute Gasteiger partial charge is 0.136 e. The first-order valence-corrected chi connectivity index (χ1v) is 5.07. The minimum atomic E-state index is -0.227. The molecule has 1 aromatic heterocycles. The third kappa shape index (κ3) is 1.09. The molecule has 1 unspecified atom stereocenters. The molecule has 1 atom stereocenters. The van der Waals surface area contributed by atoms with Crippen LogP contribution in [0.1, 0.15) is 17.7 Å². The van der Waals surface area contributed by atoms with Crippen molar-refractivity contribution in [2.24, 2.45) is 0 Å². The van der Waals surface area contributed by atoms with Gasteiger partial charge in [-0.2, -0.15) is 0 Å². The summed E-state index contributed by atoms with van der Waals surface area (Å²) in [7, 11) is 0. The lowest BCUT2D eigenvalue weighted by atomic mass is 9.90. The van der Waals surface area contributed by atoms with E-state index in [1.54, 1.807) is 0 Å². The lowest BCUT2D eigenvalue weighted by Crippen LogP contribution is -2.37. The summed E-state index contributed by atoms with van der Waals surface area (Å²) in [6.07, 6.45) is 3.76. The Bertz CT molecular complexity index is 345. The molecule has 0 saturated carbocycles. The fraction of sp³-hybridized carbons (Fsp3) is 0.545. The Kier molecular flexibility index (Phi) is 1.82. The van der Waals surface area contributed by atoms with E-state index >= 15 is 0 Å². The molecule has 74 valence electrons. The molecule has 3 nitrogen and oxygen atoms in total. The monoisotopic (exact) mass is 191 g/mol.